The fraction of sp³-hybridized carbons (Fsp3) is 0.923. The van der Waals surface area contributed by atoms with Gasteiger partial charge in [0.05, 0.1) is 0 Å². The number of likely N-dealkylation sites (tertiary alicyclic amines) is 1. The van der Waals surface area contributed by atoms with E-state index in [0.29, 0.717) is 19.0 Å². The van der Waals surface area contributed by atoms with E-state index in [1.807, 2.05) is 20.8 Å². The van der Waals surface area contributed by atoms with Gasteiger partial charge in [0.25, 0.3) is 0 Å². The summed E-state index contributed by atoms with van der Waals surface area (Å²) in [6.07, 6.45) is 0.498. The lowest BCUT2D eigenvalue weighted by Gasteiger charge is -2.25. The summed E-state index contributed by atoms with van der Waals surface area (Å²) in [6.45, 7) is 11.5. The highest BCUT2D eigenvalue weighted by atomic mass is 16.6. The molecule has 17 heavy (non-hydrogen) atoms. The minimum atomic E-state index is -0.448. The highest BCUT2D eigenvalue weighted by Gasteiger charge is 2.41. The fourth-order valence-electron chi connectivity index (χ4n) is 2.30. The lowest BCUT2D eigenvalue weighted by atomic mass is 9.80. The van der Waals surface area contributed by atoms with Gasteiger partial charge in [-0.25, -0.2) is 4.79 Å². The molecule has 1 amide bonds. The van der Waals surface area contributed by atoms with Crippen LogP contribution in [0.1, 0.15) is 41.0 Å². The van der Waals surface area contributed by atoms with Gasteiger partial charge in [0.2, 0.25) is 0 Å². The van der Waals surface area contributed by atoms with Crippen LogP contribution >= 0.6 is 0 Å². The Morgan fingerprint density at radius 3 is 2.53 bits per heavy atom. The van der Waals surface area contributed by atoms with Crippen molar-refractivity contribution in [1.29, 1.82) is 0 Å². The molecule has 0 saturated carbocycles. The van der Waals surface area contributed by atoms with E-state index in [1.165, 1.54) is 0 Å². The van der Waals surface area contributed by atoms with Crippen molar-refractivity contribution >= 4 is 6.09 Å². The summed E-state index contributed by atoms with van der Waals surface area (Å²) in [6, 6.07) is 0. The van der Waals surface area contributed by atoms with E-state index in [2.05, 4.69) is 13.8 Å². The van der Waals surface area contributed by atoms with Crippen molar-refractivity contribution in [3.05, 3.63) is 0 Å². The first kappa shape index (κ1) is 14.3. The maximum Gasteiger partial charge on any atom is 0.410 e. The van der Waals surface area contributed by atoms with Crippen LogP contribution in [0, 0.1) is 11.3 Å². The molecule has 0 aliphatic carbocycles. The first-order valence-corrected chi connectivity index (χ1v) is 6.24. The van der Waals surface area contributed by atoms with Crippen LogP contribution in [0.25, 0.3) is 0 Å². The van der Waals surface area contributed by atoms with Crippen LogP contribution in [0.4, 0.5) is 4.79 Å². The summed E-state index contributed by atoms with van der Waals surface area (Å²) in [7, 11) is 0. The monoisotopic (exact) mass is 243 g/mol. The van der Waals surface area contributed by atoms with Gasteiger partial charge in [-0.2, -0.15) is 0 Å². The third kappa shape index (κ3) is 3.87. The lowest BCUT2D eigenvalue weighted by molar-refractivity contribution is 0.0276. The maximum atomic E-state index is 11.9. The van der Waals surface area contributed by atoms with Crippen LogP contribution in [-0.2, 0) is 4.74 Å². The second kappa shape index (κ2) is 4.84. The van der Waals surface area contributed by atoms with E-state index in [4.69, 9.17) is 9.84 Å². The van der Waals surface area contributed by atoms with Crippen LogP contribution in [0.5, 0.6) is 0 Å². The Bertz CT molecular complexity index is 281. The van der Waals surface area contributed by atoms with Gasteiger partial charge < -0.3 is 14.7 Å². The minimum absolute atomic E-state index is 0.0552. The summed E-state index contributed by atoms with van der Waals surface area (Å²) >= 11 is 0. The molecule has 1 atom stereocenters. The number of carbonyl (C=O) groups is 1. The van der Waals surface area contributed by atoms with Crippen molar-refractivity contribution in [3.63, 3.8) is 0 Å². The van der Waals surface area contributed by atoms with Crippen LogP contribution in [-0.4, -0.2) is 41.4 Å². The molecule has 0 aromatic rings. The molecule has 1 saturated heterocycles. The maximum absolute atomic E-state index is 11.9. The predicted molar refractivity (Wildman–Crippen MR) is 66.8 cm³/mol. The molecule has 1 rings (SSSR count). The molecule has 4 heteroatoms. The molecule has 0 radical (unpaired) electrons. The lowest BCUT2D eigenvalue weighted by Crippen LogP contribution is -2.36. The first-order chi connectivity index (χ1) is 7.65. The Morgan fingerprint density at radius 2 is 2.06 bits per heavy atom. The third-order valence-corrected chi connectivity index (χ3v) is 3.27. The van der Waals surface area contributed by atoms with E-state index in [9.17, 15) is 4.79 Å². The van der Waals surface area contributed by atoms with Crippen LogP contribution in [0.15, 0.2) is 0 Å². The molecule has 0 bridgehead atoms. The average Bonchev–Trinajstić information content (AvgIpc) is 2.40. The van der Waals surface area contributed by atoms with Crippen molar-refractivity contribution in [2.75, 3.05) is 19.7 Å². The molecule has 1 aliphatic heterocycles. The van der Waals surface area contributed by atoms with Gasteiger partial charge in [0, 0.05) is 19.7 Å². The Kier molecular flexibility index (Phi) is 4.07. The summed E-state index contributed by atoms with van der Waals surface area (Å²) in [5.41, 5.74) is -0.393. The summed E-state index contributed by atoms with van der Waals surface area (Å²) < 4.78 is 5.37. The molecule has 0 spiro atoms. The van der Waals surface area contributed by atoms with E-state index >= 15 is 0 Å². The molecule has 100 valence electrons. The fourth-order valence-corrected chi connectivity index (χ4v) is 2.30. The zero-order valence-corrected chi connectivity index (χ0v) is 11.6. The van der Waals surface area contributed by atoms with Gasteiger partial charge in [-0.15, -0.1) is 0 Å². The minimum Gasteiger partial charge on any atom is -0.444 e. The smallest absolute Gasteiger partial charge is 0.410 e. The summed E-state index contributed by atoms with van der Waals surface area (Å²) in [5.74, 6) is 0.347. The van der Waals surface area contributed by atoms with Crippen LogP contribution < -0.4 is 0 Å². The van der Waals surface area contributed by atoms with Gasteiger partial charge >= 0.3 is 6.09 Å². The second-order valence-corrected chi connectivity index (χ2v) is 6.56. The van der Waals surface area contributed by atoms with E-state index < -0.39 is 5.60 Å². The third-order valence-electron chi connectivity index (χ3n) is 3.27. The van der Waals surface area contributed by atoms with Gasteiger partial charge in [-0.1, -0.05) is 13.8 Å². The Balaban J connectivity index is 2.62. The highest BCUT2D eigenvalue weighted by molar-refractivity contribution is 5.68. The van der Waals surface area contributed by atoms with Crippen LogP contribution in [0.3, 0.4) is 0 Å². The van der Waals surface area contributed by atoms with E-state index in [0.717, 1.165) is 6.42 Å². The number of rotatable bonds is 2. The van der Waals surface area contributed by atoms with E-state index in [-0.39, 0.29) is 18.1 Å². The number of amides is 1. The summed E-state index contributed by atoms with van der Waals surface area (Å²) in [5, 5.41) is 9.04. The van der Waals surface area contributed by atoms with Crippen molar-refractivity contribution < 1.29 is 14.6 Å². The van der Waals surface area contributed by atoms with Gasteiger partial charge in [0.15, 0.2) is 0 Å². The topological polar surface area (TPSA) is 49.8 Å². The molecule has 0 aromatic carbocycles. The highest BCUT2D eigenvalue weighted by Crippen LogP contribution is 2.37. The molecule has 4 nitrogen and oxygen atoms in total. The van der Waals surface area contributed by atoms with Gasteiger partial charge in [-0.3, -0.25) is 0 Å². The number of hydrogen-bond acceptors (Lipinski definition) is 3. The zero-order valence-electron chi connectivity index (χ0n) is 11.6. The molecule has 1 aliphatic rings. The summed E-state index contributed by atoms with van der Waals surface area (Å²) in [4.78, 5) is 13.7. The normalized spacial score (nSPS) is 23.9. The van der Waals surface area contributed by atoms with Gasteiger partial charge in [-0.05, 0) is 38.5 Å². The number of hydrogen-bond donors (Lipinski definition) is 1. The zero-order chi connectivity index (χ0) is 13.3. The Hall–Kier alpha value is -0.770. The molecule has 1 fully saturated rings. The number of aliphatic hydroxyl groups is 1. The van der Waals surface area contributed by atoms with Crippen LogP contribution in [0.2, 0.25) is 0 Å². The quantitative estimate of drug-likeness (QED) is 0.809. The number of carbonyl (C=O) groups excluding carboxylic acids is 1. The molecule has 1 unspecified atom stereocenters. The number of aliphatic hydroxyl groups excluding tert-OH is 1. The Labute approximate surface area is 104 Å². The molecular formula is C13H25NO3. The molecule has 1 heterocycles. The average molecular weight is 243 g/mol. The van der Waals surface area contributed by atoms with Gasteiger partial charge in [0.1, 0.15) is 5.60 Å². The van der Waals surface area contributed by atoms with Crippen molar-refractivity contribution in [1.82, 2.24) is 4.90 Å². The second-order valence-electron chi connectivity index (χ2n) is 6.56. The number of ether oxygens (including phenoxy) is 1. The Morgan fingerprint density at radius 1 is 1.47 bits per heavy atom. The molecule has 1 N–H and O–H groups in total. The standard InChI is InChI=1S/C13H25NO3/c1-12(2,3)17-11(16)14-8-10(6-7-15)13(4,5)9-14/h10,15H,6-9H2,1-5H3. The predicted octanol–water partition coefficient (Wildman–Crippen LogP) is 2.26. The number of nitrogens with zero attached hydrogens (tertiary/aromatic N) is 1. The molecular weight excluding hydrogens is 218 g/mol. The van der Waals surface area contributed by atoms with Crippen molar-refractivity contribution in [2.45, 2.75) is 46.6 Å². The largest absolute Gasteiger partial charge is 0.444 e. The van der Waals surface area contributed by atoms with Crippen molar-refractivity contribution in [3.8, 4) is 0 Å². The van der Waals surface area contributed by atoms with E-state index in [1.54, 1.807) is 4.90 Å². The first-order valence-electron chi connectivity index (χ1n) is 6.24. The SMILES string of the molecule is CC(C)(C)OC(=O)N1CC(CCO)C(C)(C)C1. The van der Waals surface area contributed by atoms with Crippen molar-refractivity contribution in [2.24, 2.45) is 11.3 Å². The molecule has 0 aromatic heterocycles.